The first kappa shape index (κ1) is 7.37. The maximum absolute atomic E-state index is 5.17. The van der Waals surface area contributed by atoms with Gasteiger partial charge in [0.1, 0.15) is 16.2 Å². The molecule has 4 heteroatoms. The first-order valence-electron chi connectivity index (χ1n) is 3.10. The van der Waals surface area contributed by atoms with Gasteiger partial charge in [-0.15, -0.1) is 0 Å². The lowest BCUT2D eigenvalue weighted by Crippen LogP contribution is -2.04. The number of rotatable bonds is 3. The summed E-state index contributed by atoms with van der Waals surface area (Å²) in [5.41, 5.74) is 0. The number of benzene rings is 1. The highest BCUT2D eigenvalue weighted by Crippen LogP contribution is 2.06. The molecule has 0 aliphatic rings. The maximum Gasteiger partial charge on any atom is 0.495 e. The molecule has 52 valence electrons. The van der Waals surface area contributed by atoms with E-state index in [1.165, 1.54) is 0 Å². The molecule has 0 saturated carbocycles. The lowest BCUT2D eigenvalue weighted by molar-refractivity contribution is 0.483. The molecule has 0 aliphatic heterocycles. The fourth-order valence-corrected chi connectivity index (χ4v) is 0.762. The molecule has 0 amide bonds. The van der Waals surface area contributed by atoms with Gasteiger partial charge in [0, 0.05) is 0 Å². The van der Waals surface area contributed by atoms with E-state index in [-0.39, 0.29) is 0 Å². The zero-order valence-electron chi connectivity index (χ0n) is 5.91. The molecule has 0 saturated heterocycles. The van der Waals surface area contributed by atoms with Crippen molar-refractivity contribution in [3.05, 3.63) is 30.3 Å². The summed E-state index contributed by atoms with van der Waals surface area (Å²) in [6, 6.07) is 9.63. The Bertz CT molecular complexity index is 180. The molecule has 0 aromatic heterocycles. The van der Waals surface area contributed by atoms with Crippen molar-refractivity contribution in [3.8, 4) is 5.75 Å². The third-order valence-electron chi connectivity index (χ3n) is 1.09. The number of para-hydroxylation sites is 1. The van der Waals surface area contributed by atoms with Crippen LogP contribution in [0.15, 0.2) is 30.3 Å². The van der Waals surface area contributed by atoms with Crippen molar-refractivity contribution in [2.45, 2.75) is 0 Å². The highest BCUT2D eigenvalue weighted by atomic mass is 28.2. The quantitative estimate of drug-likeness (QED) is 0.550. The Labute approximate surface area is 64.0 Å². The molecule has 0 radical (unpaired) electrons. The summed E-state index contributed by atoms with van der Waals surface area (Å²) in [6.07, 6.45) is 0. The Kier molecular flexibility index (Phi) is 3.05. The topological polar surface area (TPSA) is 18.5 Å². The van der Waals surface area contributed by atoms with E-state index in [2.05, 4.69) is 0 Å². The molecule has 0 heterocycles. The summed E-state index contributed by atoms with van der Waals surface area (Å²) in [6.45, 7) is 0. The second kappa shape index (κ2) is 4.14. The zero-order valence-corrected chi connectivity index (χ0v) is 7.91. The second-order valence-corrected chi connectivity index (χ2v) is 2.44. The second-order valence-electron chi connectivity index (χ2n) is 1.86. The summed E-state index contributed by atoms with van der Waals surface area (Å²) in [5, 5.41) is 0. The van der Waals surface area contributed by atoms with Gasteiger partial charge < -0.3 is 9.00 Å². The largest absolute Gasteiger partial charge is 0.539 e. The van der Waals surface area contributed by atoms with Gasteiger partial charge in [-0.2, -0.15) is 0 Å². The third kappa shape index (κ3) is 2.25. The highest BCUT2D eigenvalue weighted by Gasteiger charge is 1.89. The smallest absolute Gasteiger partial charge is 0.495 e. The van der Waals surface area contributed by atoms with Crippen LogP contribution in [-0.2, 0) is 4.34 Å². The fourth-order valence-electron chi connectivity index (χ4n) is 0.644. The van der Waals surface area contributed by atoms with Crippen LogP contribution in [0.1, 0.15) is 0 Å². The van der Waals surface area contributed by atoms with Gasteiger partial charge in [-0.3, -0.25) is 0 Å². The monoisotopic (exact) mass is 152 g/mol. The molecule has 2 nitrogen and oxygen atoms in total. The summed E-state index contributed by atoms with van der Waals surface area (Å²) in [7, 11) is 1.10. The van der Waals surface area contributed by atoms with Gasteiger partial charge in [0.15, 0.2) is 0 Å². The van der Waals surface area contributed by atoms with E-state index in [1.54, 1.807) is 0 Å². The minimum Gasteiger partial charge on any atom is -0.539 e. The van der Waals surface area contributed by atoms with Gasteiger partial charge in [-0.05, 0) is 12.1 Å². The van der Waals surface area contributed by atoms with Crippen LogP contribution in [-0.4, -0.2) is 18.2 Å². The summed E-state index contributed by atoms with van der Waals surface area (Å²) in [4.78, 5) is 0. The molecule has 0 bridgehead atoms. The molecule has 0 spiro atoms. The number of hydrogen-bond acceptors (Lipinski definition) is 2. The van der Waals surface area contributed by atoms with Crippen molar-refractivity contribution in [2.75, 3.05) is 0 Å². The van der Waals surface area contributed by atoms with Crippen LogP contribution < -0.4 is 4.65 Å². The SMILES string of the molecule is [SiH3]OBOc1ccccc1. The Morgan fingerprint density at radius 3 is 2.50 bits per heavy atom. The van der Waals surface area contributed by atoms with E-state index in [0.29, 0.717) is 7.69 Å². The van der Waals surface area contributed by atoms with Crippen molar-refractivity contribution < 1.29 is 9.00 Å². The van der Waals surface area contributed by atoms with Crippen LogP contribution in [0.4, 0.5) is 0 Å². The average Bonchev–Trinajstić information content (AvgIpc) is 2.03. The van der Waals surface area contributed by atoms with E-state index in [1.807, 2.05) is 30.3 Å². The van der Waals surface area contributed by atoms with Crippen molar-refractivity contribution in [2.24, 2.45) is 0 Å². The van der Waals surface area contributed by atoms with E-state index >= 15 is 0 Å². The van der Waals surface area contributed by atoms with E-state index in [9.17, 15) is 0 Å². The molecule has 0 atom stereocenters. The van der Waals surface area contributed by atoms with Crippen LogP contribution >= 0.6 is 0 Å². The van der Waals surface area contributed by atoms with Crippen molar-refractivity contribution in [1.82, 2.24) is 0 Å². The van der Waals surface area contributed by atoms with Crippen LogP contribution in [0.2, 0.25) is 0 Å². The molecule has 10 heavy (non-hydrogen) atoms. The van der Waals surface area contributed by atoms with Gasteiger partial charge in [0.25, 0.3) is 0 Å². The highest BCUT2D eigenvalue weighted by molar-refractivity contribution is 6.28. The van der Waals surface area contributed by atoms with Crippen LogP contribution in [0, 0.1) is 0 Å². The Morgan fingerprint density at radius 2 is 1.90 bits per heavy atom. The molecule has 1 rings (SSSR count). The summed E-state index contributed by atoms with van der Waals surface area (Å²) in [5.74, 6) is 0.860. The van der Waals surface area contributed by atoms with Crippen LogP contribution in [0.3, 0.4) is 0 Å². The lowest BCUT2D eigenvalue weighted by Gasteiger charge is -2.01. The Morgan fingerprint density at radius 1 is 1.20 bits per heavy atom. The molecule has 0 fully saturated rings. The minimum absolute atomic E-state index is 0.371. The summed E-state index contributed by atoms with van der Waals surface area (Å²) < 4.78 is 10.0. The van der Waals surface area contributed by atoms with Gasteiger partial charge >= 0.3 is 7.69 Å². The third-order valence-corrected chi connectivity index (χ3v) is 1.32. The normalized spacial score (nSPS) is 9.20. The van der Waals surface area contributed by atoms with Gasteiger partial charge in [-0.25, -0.2) is 0 Å². The molecular weight excluding hydrogens is 143 g/mol. The first-order chi connectivity index (χ1) is 4.93. The molecule has 1 aromatic rings. The predicted octanol–water partition coefficient (Wildman–Crippen LogP) is -0.371. The fraction of sp³-hybridized carbons (Fsp3) is 0. The Balaban J connectivity index is 2.43. The minimum atomic E-state index is 0.371. The molecular formula is C6H9BO2Si. The Hall–Kier alpha value is -0.738. The molecule has 0 unspecified atom stereocenters. The zero-order chi connectivity index (χ0) is 7.23. The number of hydrogen-bond donors (Lipinski definition) is 0. The van der Waals surface area contributed by atoms with Crippen LogP contribution in [0.5, 0.6) is 5.75 Å². The van der Waals surface area contributed by atoms with E-state index in [0.717, 1.165) is 16.2 Å². The van der Waals surface area contributed by atoms with Gasteiger partial charge in [0.05, 0.1) is 0 Å². The van der Waals surface area contributed by atoms with Gasteiger partial charge in [0.2, 0.25) is 0 Å². The van der Waals surface area contributed by atoms with Crippen molar-refractivity contribution >= 4 is 18.2 Å². The summed E-state index contributed by atoms with van der Waals surface area (Å²) >= 11 is 0. The molecule has 0 aliphatic carbocycles. The van der Waals surface area contributed by atoms with Gasteiger partial charge in [-0.1, -0.05) is 18.2 Å². The van der Waals surface area contributed by atoms with Crippen molar-refractivity contribution in [1.29, 1.82) is 0 Å². The van der Waals surface area contributed by atoms with E-state index < -0.39 is 0 Å². The average molecular weight is 152 g/mol. The molecule has 0 N–H and O–H groups in total. The lowest BCUT2D eigenvalue weighted by atomic mass is 10.3. The standard InChI is InChI=1S/C6H9BO2Si/c10-9-7-8-6-4-2-1-3-5-6/h1-5,7H,10H3. The van der Waals surface area contributed by atoms with Crippen LogP contribution in [0.25, 0.3) is 0 Å². The molecule has 1 aromatic carbocycles. The van der Waals surface area contributed by atoms with Crippen molar-refractivity contribution in [3.63, 3.8) is 0 Å². The predicted molar refractivity (Wildman–Crippen MR) is 45.2 cm³/mol. The first-order valence-corrected chi connectivity index (χ1v) is 3.92. The maximum atomic E-state index is 5.17. The van der Waals surface area contributed by atoms with E-state index in [4.69, 9.17) is 9.00 Å².